The number of carbonyl (C=O) groups is 1. The molecule has 2 aromatic heterocycles. The summed E-state index contributed by atoms with van der Waals surface area (Å²) in [6, 6.07) is 9.89. The van der Waals surface area contributed by atoms with E-state index in [-0.39, 0.29) is 35.4 Å². The molecule has 0 radical (unpaired) electrons. The first-order valence-electron chi connectivity index (χ1n) is 12.2. The van der Waals surface area contributed by atoms with Gasteiger partial charge in [-0.15, -0.1) is 0 Å². The van der Waals surface area contributed by atoms with Crippen molar-refractivity contribution in [1.29, 1.82) is 0 Å². The Morgan fingerprint density at radius 1 is 1.11 bits per heavy atom. The van der Waals surface area contributed by atoms with Gasteiger partial charge in [0.15, 0.2) is 11.7 Å². The Hall–Kier alpha value is -4.18. The van der Waals surface area contributed by atoms with Gasteiger partial charge in [0.1, 0.15) is 11.3 Å². The van der Waals surface area contributed by atoms with Crippen LogP contribution in [0.25, 0.3) is 16.7 Å². The van der Waals surface area contributed by atoms with Crippen molar-refractivity contribution in [1.82, 2.24) is 14.9 Å². The minimum Gasteiger partial charge on any atom is -0.452 e. The van der Waals surface area contributed by atoms with Gasteiger partial charge < -0.3 is 15.2 Å². The number of nitrogens with zero attached hydrogens (tertiary/aromatic N) is 4. The summed E-state index contributed by atoms with van der Waals surface area (Å²) in [4.78, 5) is 27.2. The zero-order valence-corrected chi connectivity index (χ0v) is 21.1. The number of ether oxygens (including phenoxy) is 2. The van der Waals surface area contributed by atoms with Crippen molar-refractivity contribution in [2.45, 2.75) is 37.8 Å². The lowest BCUT2D eigenvalue weighted by Crippen LogP contribution is -2.49. The summed E-state index contributed by atoms with van der Waals surface area (Å²) in [5, 5.41) is 0. The number of pyridine rings is 2. The van der Waals surface area contributed by atoms with Crippen molar-refractivity contribution in [3.8, 4) is 22.6 Å². The van der Waals surface area contributed by atoms with E-state index in [2.05, 4.69) is 9.97 Å². The van der Waals surface area contributed by atoms with Crippen LogP contribution in [0.3, 0.4) is 0 Å². The summed E-state index contributed by atoms with van der Waals surface area (Å²) in [6.45, 7) is 4.29. The fourth-order valence-corrected chi connectivity index (χ4v) is 5.28. The Balaban J connectivity index is 1.62. The van der Waals surface area contributed by atoms with Crippen LogP contribution in [0.2, 0.25) is 0 Å². The fraction of sp³-hybridized carbons (Fsp3) is 0.286. The predicted molar refractivity (Wildman–Crippen MR) is 136 cm³/mol. The molecule has 0 saturated heterocycles. The van der Waals surface area contributed by atoms with E-state index in [4.69, 9.17) is 20.2 Å². The molecule has 0 aliphatic carbocycles. The highest BCUT2D eigenvalue weighted by molar-refractivity contribution is 6.00. The molecule has 194 valence electrons. The van der Waals surface area contributed by atoms with E-state index in [0.717, 1.165) is 5.57 Å². The van der Waals surface area contributed by atoms with Crippen molar-refractivity contribution in [3.05, 3.63) is 77.4 Å². The molecule has 0 bridgehead atoms. The molecule has 3 aromatic rings. The molecule has 3 aliphatic heterocycles. The average Bonchev–Trinajstić information content (AvgIpc) is 2.87. The maximum absolute atomic E-state index is 15.7. The van der Waals surface area contributed by atoms with E-state index in [0.29, 0.717) is 35.4 Å². The van der Waals surface area contributed by atoms with E-state index in [1.807, 2.05) is 19.9 Å². The molecular weight excluding hydrogens is 492 g/mol. The number of carbonyl (C=O) groups excluding carboxylic acids is 1. The van der Waals surface area contributed by atoms with Gasteiger partial charge >= 0.3 is 0 Å². The molecule has 3 aliphatic rings. The van der Waals surface area contributed by atoms with Gasteiger partial charge in [-0.1, -0.05) is 6.07 Å². The first kappa shape index (κ1) is 24.2. The van der Waals surface area contributed by atoms with E-state index < -0.39 is 23.0 Å². The fourth-order valence-electron chi connectivity index (χ4n) is 5.28. The first-order valence-corrected chi connectivity index (χ1v) is 12.2. The Labute approximate surface area is 217 Å². The predicted octanol–water partition coefficient (Wildman–Crippen LogP) is 4.53. The molecule has 1 amide bonds. The second kappa shape index (κ2) is 8.42. The Morgan fingerprint density at radius 2 is 1.92 bits per heavy atom. The first-order chi connectivity index (χ1) is 18.1. The Bertz CT molecular complexity index is 1570. The van der Waals surface area contributed by atoms with Crippen LogP contribution in [0.4, 0.5) is 8.78 Å². The lowest BCUT2D eigenvalue weighted by atomic mass is 9.76. The molecule has 0 saturated carbocycles. The van der Waals surface area contributed by atoms with Gasteiger partial charge in [0.25, 0.3) is 5.95 Å². The average molecular weight is 518 g/mol. The molecule has 5 heterocycles. The largest absolute Gasteiger partial charge is 0.452 e. The van der Waals surface area contributed by atoms with Crippen LogP contribution in [0.5, 0.6) is 11.5 Å². The van der Waals surface area contributed by atoms with Crippen LogP contribution in [-0.4, -0.2) is 46.0 Å². The van der Waals surface area contributed by atoms with Crippen LogP contribution in [0.15, 0.2) is 53.7 Å². The van der Waals surface area contributed by atoms with Crippen LogP contribution in [0, 0.1) is 11.9 Å². The lowest BCUT2D eigenvalue weighted by Gasteiger charge is -2.41. The van der Waals surface area contributed by atoms with E-state index in [1.165, 1.54) is 18.1 Å². The third kappa shape index (κ3) is 3.75. The van der Waals surface area contributed by atoms with E-state index in [1.54, 1.807) is 36.4 Å². The molecule has 2 N–H and O–H groups in total. The van der Waals surface area contributed by atoms with Gasteiger partial charge in [0, 0.05) is 29.9 Å². The molecule has 0 unspecified atom stereocenters. The summed E-state index contributed by atoms with van der Waals surface area (Å²) in [6.07, 6.45) is 3.68. The highest BCUT2D eigenvalue weighted by Gasteiger charge is 2.49. The number of nitrogens with two attached hydrogens (primary N) is 1. The number of hydrogen-bond donors (Lipinski definition) is 1. The number of guanidine groups is 1. The summed E-state index contributed by atoms with van der Waals surface area (Å²) >= 11 is 0. The lowest BCUT2D eigenvalue weighted by molar-refractivity contribution is -0.128. The number of aromatic nitrogens is 2. The third-order valence-corrected chi connectivity index (χ3v) is 7.21. The smallest absolute Gasteiger partial charge is 0.256 e. The van der Waals surface area contributed by atoms with Crippen molar-refractivity contribution in [3.63, 3.8) is 0 Å². The molecule has 38 heavy (non-hydrogen) atoms. The number of aliphatic imine (C=N–C) groups is 1. The molecule has 6 rings (SSSR count). The quantitative estimate of drug-likeness (QED) is 0.501. The van der Waals surface area contributed by atoms with Crippen LogP contribution in [-0.2, 0) is 15.1 Å². The number of benzene rings is 1. The molecule has 10 heteroatoms. The zero-order chi connectivity index (χ0) is 26.8. The normalized spacial score (nSPS) is 21.8. The summed E-state index contributed by atoms with van der Waals surface area (Å²) in [5.41, 5.74) is 7.04. The van der Waals surface area contributed by atoms with Crippen LogP contribution < -0.4 is 10.5 Å². The maximum Gasteiger partial charge on any atom is 0.256 e. The van der Waals surface area contributed by atoms with E-state index >= 15 is 4.39 Å². The van der Waals surface area contributed by atoms with Gasteiger partial charge in [0.2, 0.25) is 11.9 Å². The SMILES string of the molecule is CN1C(=O)C[C@]2(N=C1N)c1cc(-c3cccnc3F)ccc1Oc1c2cc(C2=CC(C)(C)OCC2)nc1F. The second-order valence-corrected chi connectivity index (χ2v) is 10.2. The second-order valence-electron chi connectivity index (χ2n) is 10.2. The zero-order valence-electron chi connectivity index (χ0n) is 21.1. The minimum atomic E-state index is -1.41. The van der Waals surface area contributed by atoms with Crippen molar-refractivity contribution < 1.29 is 23.0 Å². The number of hydrogen-bond acceptors (Lipinski definition) is 7. The Morgan fingerprint density at radius 3 is 2.66 bits per heavy atom. The number of halogens is 2. The van der Waals surface area contributed by atoms with Gasteiger partial charge in [-0.25, -0.2) is 15.0 Å². The van der Waals surface area contributed by atoms with Crippen molar-refractivity contribution in [2.75, 3.05) is 13.7 Å². The minimum absolute atomic E-state index is 0.0248. The van der Waals surface area contributed by atoms with Gasteiger partial charge in [-0.2, -0.15) is 8.78 Å². The van der Waals surface area contributed by atoms with Crippen LogP contribution >= 0.6 is 0 Å². The highest BCUT2D eigenvalue weighted by Crippen LogP contribution is 2.54. The third-order valence-electron chi connectivity index (χ3n) is 7.21. The molecular formula is C28H25F2N5O3. The number of rotatable bonds is 2. The summed E-state index contributed by atoms with van der Waals surface area (Å²) in [5.74, 6) is -1.65. The molecule has 0 fully saturated rings. The maximum atomic E-state index is 15.7. The van der Waals surface area contributed by atoms with Crippen LogP contribution in [0.1, 0.15) is 43.5 Å². The van der Waals surface area contributed by atoms with Gasteiger partial charge in [0.05, 0.1) is 24.3 Å². The highest BCUT2D eigenvalue weighted by atomic mass is 19.1. The molecule has 1 atom stereocenters. The topological polar surface area (TPSA) is 103 Å². The number of fused-ring (bicyclic) bond motifs is 4. The monoisotopic (exact) mass is 517 g/mol. The van der Waals surface area contributed by atoms with Gasteiger partial charge in [-0.05, 0) is 67.8 Å². The molecule has 1 aromatic carbocycles. The molecule has 1 spiro atoms. The van der Waals surface area contributed by atoms with Gasteiger partial charge in [-0.3, -0.25) is 9.69 Å². The Kier molecular flexibility index (Phi) is 5.36. The number of amides is 1. The standard InChI is InChI=1S/C28H25F2N5O3/c1-27(2)13-16(8-10-37-27)20-12-19-23(25(30)33-20)38-21-7-6-15(17-5-4-9-32-24(17)29)11-18(21)28(19)14-22(36)35(3)26(31)34-28/h4-7,9,11-13H,8,10,14H2,1-3H3,(H2,31,34)/t28-/m0/s1. The summed E-state index contributed by atoms with van der Waals surface area (Å²) < 4.78 is 42.0. The van der Waals surface area contributed by atoms with E-state index in [9.17, 15) is 9.18 Å². The van der Waals surface area contributed by atoms with Crippen molar-refractivity contribution in [2.24, 2.45) is 10.7 Å². The summed E-state index contributed by atoms with van der Waals surface area (Å²) in [7, 11) is 1.53. The molecule has 8 nitrogen and oxygen atoms in total. The van der Waals surface area contributed by atoms with Crippen molar-refractivity contribution >= 4 is 17.4 Å².